The van der Waals surface area contributed by atoms with Crippen molar-refractivity contribution in [3.8, 4) is 11.5 Å². The number of likely N-dealkylation sites (N-methyl/N-ethyl adjacent to an activating group) is 1. The van der Waals surface area contributed by atoms with E-state index in [1.54, 1.807) is 0 Å². The Morgan fingerprint density at radius 2 is 1.75 bits per heavy atom. The molecule has 1 aliphatic rings. The van der Waals surface area contributed by atoms with Gasteiger partial charge in [0, 0.05) is 13.2 Å². The molecule has 20 heavy (non-hydrogen) atoms. The molecule has 1 aromatic carbocycles. The molecule has 1 N–H and O–H groups in total. The van der Waals surface area contributed by atoms with E-state index in [2.05, 4.69) is 5.32 Å². The van der Waals surface area contributed by atoms with Gasteiger partial charge in [0.15, 0.2) is 17.8 Å². The first-order valence-electron chi connectivity index (χ1n) is 7.10. The van der Waals surface area contributed by atoms with Gasteiger partial charge in [-0.3, -0.25) is 0 Å². The maximum atomic E-state index is 5.68. The standard InChI is InChI=1S/C15H23NO4/c1-4-17-15(18-5-2)14(16-3)11-6-7-12-13(10-11)20-9-8-19-12/h6-7,10,14-16H,4-5,8-9H2,1-3H3. The van der Waals surface area contributed by atoms with E-state index in [-0.39, 0.29) is 12.3 Å². The van der Waals surface area contributed by atoms with E-state index in [1.807, 2.05) is 39.1 Å². The highest BCUT2D eigenvalue weighted by atomic mass is 16.7. The van der Waals surface area contributed by atoms with Gasteiger partial charge < -0.3 is 24.3 Å². The highest BCUT2D eigenvalue weighted by molar-refractivity contribution is 5.44. The second-order valence-corrected chi connectivity index (χ2v) is 4.45. The second-order valence-electron chi connectivity index (χ2n) is 4.45. The Morgan fingerprint density at radius 1 is 1.10 bits per heavy atom. The van der Waals surface area contributed by atoms with Crippen LogP contribution in [-0.2, 0) is 9.47 Å². The number of nitrogens with one attached hydrogen (secondary N) is 1. The van der Waals surface area contributed by atoms with Gasteiger partial charge in [-0.25, -0.2) is 0 Å². The van der Waals surface area contributed by atoms with E-state index in [0.717, 1.165) is 17.1 Å². The maximum Gasteiger partial charge on any atom is 0.176 e. The fraction of sp³-hybridized carbons (Fsp3) is 0.600. The molecule has 0 radical (unpaired) electrons. The van der Waals surface area contributed by atoms with E-state index >= 15 is 0 Å². The van der Waals surface area contributed by atoms with Crippen molar-refractivity contribution in [2.24, 2.45) is 0 Å². The first kappa shape index (κ1) is 15.1. The SMILES string of the molecule is CCOC(OCC)C(NC)c1ccc2c(c1)OCCO2. The quantitative estimate of drug-likeness (QED) is 0.776. The average Bonchev–Trinajstić information content (AvgIpc) is 2.48. The van der Waals surface area contributed by atoms with Gasteiger partial charge in [0.25, 0.3) is 0 Å². The summed E-state index contributed by atoms with van der Waals surface area (Å²) in [5.74, 6) is 1.57. The van der Waals surface area contributed by atoms with Crippen molar-refractivity contribution in [3.63, 3.8) is 0 Å². The van der Waals surface area contributed by atoms with Crippen LogP contribution in [0.25, 0.3) is 0 Å². The number of fused-ring (bicyclic) bond motifs is 1. The molecule has 0 aliphatic carbocycles. The fourth-order valence-electron chi connectivity index (χ4n) is 2.28. The number of ether oxygens (including phenoxy) is 4. The molecule has 0 aromatic heterocycles. The van der Waals surface area contributed by atoms with Crippen molar-refractivity contribution in [1.82, 2.24) is 5.32 Å². The molecule has 2 rings (SSSR count). The predicted octanol–water partition coefficient (Wildman–Crippen LogP) is 2.12. The van der Waals surface area contributed by atoms with Crippen molar-refractivity contribution >= 4 is 0 Å². The summed E-state index contributed by atoms with van der Waals surface area (Å²) in [7, 11) is 1.90. The number of benzene rings is 1. The minimum atomic E-state index is -0.322. The molecule has 0 bridgehead atoms. The third kappa shape index (κ3) is 3.42. The van der Waals surface area contributed by atoms with E-state index in [0.29, 0.717) is 26.4 Å². The van der Waals surface area contributed by atoms with Gasteiger partial charge in [-0.05, 0) is 38.6 Å². The predicted molar refractivity (Wildman–Crippen MR) is 76.3 cm³/mol. The maximum absolute atomic E-state index is 5.68. The van der Waals surface area contributed by atoms with Crippen LogP contribution in [0.3, 0.4) is 0 Å². The summed E-state index contributed by atoms with van der Waals surface area (Å²) >= 11 is 0. The summed E-state index contributed by atoms with van der Waals surface area (Å²) in [6.07, 6.45) is -0.322. The van der Waals surface area contributed by atoms with Gasteiger partial charge >= 0.3 is 0 Å². The molecule has 0 amide bonds. The Labute approximate surface area is 120 Å². The molecule has 0 fully saturated rings. The topological polar surface area (TPSA) is 49.0 Å². The summed E-state index contributed by atoms with van der Waals surface area (Å²) in [5, 5.41) is 3.25. The number of rotatable bonds is 7. The zero-order valence-corrected chi connectivity index (χ0v) is 12.3. The molecule has 0 spiro atoms. The van der Waals surface area contributed by atoms with Gasteiger partial charge in [-0.15, -0.1) is 0 Å². The largest absolute Gasteiger partial charge is 0.486 e. The zero-order chi connectivity index (χ0) is 14.4. The van der Waals surface area contributed by atoms with Crippen LogP contribution >= 0.6 is 0 Å². The van der Waals surface area contributed by atoms with Gasteiger partial charge in [-0.1, -0.05) is 6.07 Å². The Bertz CT molecular complexity index is 418. The minimum absolute atomic E-state index is 0.0503. The van der Waals surface area contributed by atoms with Crippen LogP contribution in [0.15, 0.2) is 18.2 Å². The molecule has 5 nitrogen and oxygen atoms in total. The van der Waals surface area contributed by atoms with Crippen molar-refractivity contribution in [3.05, 3.63) is 23.8 Å². The molecule has 0 saturated heterocycles. The fourth-order valence-corrected chi connectivity index (χ4v) is 2.28. The van der Waals surface area contributed by atoms with Crippen molar-refractivity contribution in [2.75, 3.05) is 33.5 Å². The minimum Gasteiger partial charge on any atom is -0.486 e. The van der Waals surface area contributed by atoms with Gasteiger partial charge in [-0.2, -0.15) is 0 Å². The first-order chi connectivity index (χ1) is 9.80. The van der Waals surface area contributed by atoms with Gasteiger partial charge in [0.1, 0.15) is 13.2 Å². The van der Waals surface area contributed by atoms with Gasteiger partial charge in [0.05, 0.1) is 6.04 Å². The number of hydrogen-bond acceptors (Lipinski definition) is 5. The summed E-state index contributed by atoms with van der Waals surface area (Å²) in [6, 6.07) is 5.88. The lowest BCUT2D eigenvalue weighted by atomic mass is 10.1. The van der Waals surface area contributed by atoms with E-state index < -0.39 is 0 Å². The Kier molecular flexibility index (Phi) is 5.64. The van der Waals surface area contributed by atoms with Crippen LogP contribution < -0.4 is 14.8 Å². The molecular formula is C15H23NO4. The summed E-state index contributed by atoms with van der Waals surface area (Å²) < 4.78 is 22.5. The average molecular weight is 281 g/mol. The highest BCUT2D eigenvalue weighted by Gasteiger charge is 2.24. The summed E-state index contributed by atoms with van der Waals surface area (Å²) in [6.45, 7) is 6.31. The summed E-state index contributed by atoms with van der Waals surface area (Å²) in [5.41, 5.74) is 1.06. The smallest absolute Gasteiger partial charge is 0.176 e. The lowest BCUT2D eigenvalue weighted by Crippen LogP contribution is -2.34. The lowest BCUT2D eigenvalue weighted by molar-refractivity contribution is -0.154. The monoisotopic (exact) mass is 281 g/mol. The van der Waals surface area contributed by atoms with E-state index in [9.17, 15) is 0 Å². The first-order valence-corrected chi connectivity index (χ1v) is 7.10. The Balaban J connectivity index is 2.21. The third-order valence-corrected chi connectivity index (χ3v) is 3.17. The van der Waals surface area contributed by atoms with Crippen molar-refractivity contribution in [2.45, 2.75) is 26.2 Å². The molecular weight excluding hydrogens is 258 g/mol. The number of hydrogen-bond donors (Lipinski definition) is 1. The third-order valence-electron chi connectivity index (χ3n) is 3.17. The van der Waals surface area contributed by atoms with Gasteiger partial charge in [0.2, 0.25) is 0 Å². The molecule has 1 heterocycles. The van der Waals surface area contributed by atoms with Crippen LogP contribution in [0.5, 0.6) is 11.5 Å². The Morgan fingerprint density at radius 3 is 2.35 bits per heavy atom. The van der Waals surface area contributed by atoms with Crippen molar-refractivity contribution in [1.29, 1.82) is 0 Å². The molecule has 0 saturated carbocycles. The van der Waals surface area contributed by atoms with Crippen LogP contribution in [0.1, 0.15) is 25.5 Å². The molecule has 1 unspecified atom stereocenters. The molecule has 1 atom stereocenters. The molecule has 112 valence electrons. The zero-order valence-electron chi connectivity index (χ0n) is 12.3. The molecule has 1 aromatic rings. The van der Waals surface area contributed by atoms with Crippen LogP contribution in [0, 0.1) is 0 Å². The van der Waals surface area contributed by atoms with Crippen molar-refractivity contribution < 1.29 is 18.9 Å². The molecule has 1 aliphatic heterocycles. The van der Waals surface area contributed by atoms with Crippen LogP contribution in [0.2, 0.25) is 0 Å². The normalized spacial score (nSPS) is 15.4. The second kappa shape index (κ2) is 7.47. The van der Waals surface area contributed by atoms with E-state index in [1.165, 1.54) is 0 Å². The molecule has 5 heteroatoms. The highest BCUT2D eigenvalue weighted by Crippen LogP contribution is 2.33. The Hall–Kier alpha value is -1.30. The lowest BCUT2D eigenvalue weighted by Gasteiger charge is -2.28. The summed E-state index contributed by atoms with van der Waals surface area (Å²) in [4.78, 5) is 0. The van der Waals surface area contributed by atoms with Crippen LogP contribution in [0.4, 0.5) is 0 Å². The van der Waals surface area contributed by atoms with Crippen LogP contribution in [-0.4, -0.2) is 39.8 Å². The van der Waals surface area contributed by atoms with E-state index in [4.69, 9.17) is 18.9 Å².